The van der Waals surface area contributed by atoms with Gasteiger partial charge in [0.2, 0.25) is 11.8 Å². The highest BCUT2D eigenvalue weighted by Gasteiger charge is 2.11. The van der Waals surface area contributed by atoms with Gasteiger partial charge < -0.3 is 8.83 Å². The summed E-state index contributed by atoms with van der Waals surface area (Å²) in [5, 5.41) is 0. The fraction of sp³-hybridized carbons (Fsp3) is 0. The number of oxazole rings is 2. The Morgan fingerprint density at radius 3 is 1.36 bits per heavy atom. The molecule has 5 aromatic rings. The maximum Gasteiger partial charge on any atom is 0.226 e. The van der Waals surface area contributed by atoms with E-state index < -0.39 is 0 Å². The van der Waals surface area contributed by atoms with Gasteiger partial charge in [0.25, 0.3) is 0 Å². The maximum absolute atomic E-state index is 5.92. The Balaban J connectivity index is 1.40. The van der Waals surface area contributed by atoms with Crippen LogP contribution in [0.1, 0.15) is 0 Å². The first kappa shape index (κ1) is 16.3. The lowest BCUT2D eigenvalue weighted by atomic mass is 10.1. The van der Waals surface area contributed by atoms with Gasteiger partial charge in [-0.1, -0.05) is 60.7 Å². The summed E-state index contributed by atoms with van der Waals surface area (Å²) in [6.45, 7) is 0. The van der Waals surface area contributed by atoms with Crippen molar-refractivity contribution in [3.8, 4) is 45.6 Å². The molecule has 0 unspecified atom stereocenters. The van der Waals surface area contributed by atoms with Crippen LogP contribution < -0.4 is 0 Å². The molecule has 0 aliphatic carbocycles. The quantitative estimate of drug-likeness (QED) is 0.374. The Hall–Kier alpha value is -3.92. The molecule has 0 saturated heterocycles. The highest BCUT2D eigenvalue weighted by Crippen LogP contribution is 2.29. The molecule has 0 fully saturated rings. The van der Waals surface area contributed by atoms with Crippen LogP contribution in [0.15, 0.2) is 106 Å². The summed E-state index contributed by atoms with van der Waals surface area (Å²) in [5.41, 5.74) is 3.83. The Labute approximate surface area is 162 Å². The normalized spacial score (nSPS) is 10.9. The lowest BCUT2D eigenvalue weighted by Crippen LogP contribution is -1.78. The van der Waals surface area contributed by atoms with Crippen LogP contribution in [0.4, 0.5) is 0 Å². The minimum absolute atomic E-state index is 0.591. The van der Waals surface area contributed by atoms with Crippen molar-refractivity contribution in [2.75, 3.05) is 0 Å². The second-order valence-corrected chi connectivity index (χ2v) is 6.37. The summed E-state index contributed by atoms with van der Waals surface area (Å²) < 4.78 is 11.8. The van der Waals surface area contributed by atoms with E-state index in [-0.39, 0.29) is 0 Å². The minimum Gasteiger partial charge on any atom is -0.436 e. The van der Waals surface area contributed by atoms with Crippen LogP contribution in [0.3, 0.4) is 0 Å². The molecule has 4 nitrogen and oxygen atoms in total. The zero-order chi connectivity index (χ0) is 18.8. The summed E-state index contributed by atoms with van der Waals surface area (Å²) in [6.07, 6.45) is 3.50. The molecule has 28 heavy (non-hydrogen) atoms. The highest BCUT2D eigenvalue weighted by atomic mass is 16.4. The molecule has 0 spiro atoms. The molecule has 0 aliphatic rings. The predicted octanol–water partition coefficient (Wildman–Crippen LogP) is 6.33. The number of rotatable bonds is 4. The molecule has 2 aromatic heterocycles. The first-order valence-electron chi connectivity index (χ1n) is 9.00. The molecule has 0 N–H and O–H groups in total. The Bertz CT molecular complexity index is 1090. The van der Waals surface area contributed by atoms with E-state index in [1.165, 1.54) is 0 Å². The van der Waals surface area contributed by atoms with Gasteiger partial charge in [0, 0.05) is 22.3 Å². The Kier molecular flexibility index (Phi) is 4.07. The predicted molar refractivity (Wildman–Crippen MR) is 108 cm³/mol. The summed E-state index contributed by atoms with van der Waals surface area (Å²) >= 11 is 0. The van der Waals surface area contributed by atoms with E-state index in [0.29, 0.717) is 11.8 Å². The van der Waals surface area contributed by atoms with Crippen molar-refractivity contribution in [2.24, 2.45) is 0 Å². The van der Waals surface area contributed by atoms with Crippen LogP contribution in [-0.4, -0.2) is 9.97 Å². The number of hydrogen-bond acceptors (Lipinski definition) is 4. The summed E-state index contributed by atoms with van der Waals surface area (Å²) in [5.74, 6) is 2.68. The van der Waals surface area contributed by atoms with Crippen LogP contribution in [0.2, 0.25) is 0 Å². The summed E-state index contributed by atoms with van der Waals surface area (Å²) in [4.78, 5) is 8.79. The molecule has 0 radical (unpaired) electrons. The second-order valence-electron chi connectivity index (χ2n) is 6.37. The fourth-order valence-electron chi connectivity index (χ4n) is 3.04. The molecule has 4 heteroatoms. The van der Waals surface area contributed by atoms with Crippen LogP contribution >= 0.6 is 0 Å². The average molecular weight is 364 g/mol. The average Bonchev–Trinajstić information content (AvgIpc) is 3.46. The summed E-state index contributed by atoms with van der Waals surface area (Å²) in [7, 11) is 0. The van der Waals surface area contributed by atoms with E-state index in [2.05, 4.69) is 9.97 Å². The fourth-order valence-corrected chi connectivity index (χ4v) is 3.04. The van der Waals surface area contributed by atoms with Crippen LogP contribution in [-0.2, 0) is 0 Å². The molecule has 2 heterocycles. The van der Waals surface area contributed by atoms with Gasteiger partial charge in [0.05, 0.1) is 12.4 Å². The van der Waals surface area contributed by atoms with Gasteiger partial charge in [0.15, 0.2) is 11.5 Å². The standard InChI is InChI=1S/C24H16N2O2/c1-3-7-17(8-4-1)21-15-26-24(27-21)20-13-11-18(12-14-20)22-16-25-23(28-22)19-9-5-2-6-10-19/h1-16H. The minimum atomic E-state index is 0.591. The topological polar surface area (TPSA) is 52.1 Å². The van der Waals surface area contributed by atoms with Gasteiger partial charge in [0.1, 0.15) is 0 Å². The number of benzene rings is 3. The van der Waals surface area contributed by atoms with Crippen molar-refractivity contribution in [1.82, 2.24) is 9.97 Å². The van der Waals surface area contributed by atoms with Crippen molar-refractivity contribution in [1.29, 1.82) is 0 Å². The molecule has 0 amide bonds. The smallest absolute Gasteiger partial charge is 0.226 e. The van der Waals surface area contributed by atoms with Crippen molar-refractivity contribution in [3.63, 3.8) is 0 Å². The largest absolute Gasteiger partial charge is 0.436 e. The number of nitrogens with zero attached hydrogens (tertiary/aromatic N) is 2. The first-order chi connectivity index (χ1) is 13.9. The monoisotopic (exact) mass is 364 g/mol. The molecule has 3 aromatic carbocycles. The van der Waals surface area contributed by atoms with Gasteiger partial charge in [-0.2, -0.15) is 0 Å². The molecular weight excluding hydrogens is 348 g/mol. The molecule has 0 saturated carbocycles. The lowest BCUT2D eigenvalue weighted by Gasteiger charge is -1.99. The van der Waals surface area contributed by atoms with Gasteiger partial charge in [-0.3, -0.25) is 0 Å². The molecule has 5 rings (SSSR count). The third-order valence-electron chi connectivity index (χ3n) is 4.51. The van der Waals surface area contributed by atoms with Crippen molar-refractivity contribution in [2.45, 2.75) is 0 Å². The van der Waals surface area contributed by atoms with E-state index in [4.69, 9.17) is 8.83 Å². The van der Waals surface area contributed by atoms with E-state index in [1.807, 2.05) is 84.9 Å². The zero-order valence-corrected chi connectivity index (χ0v) is 14.9. The van der Waals surface area contributed by atoms with E-state index in [9.17, 15) is 0 Å². The van der Waals surface area contributed by atoms with Crippen LogP contribution in [0.5, 0.6) is 0 Å². The maximum atomic E-state index is 5.92. The second kappa shape index (κ2) is 7.00. The van der Waals surface area contributed by atoms with Gasteiger partial charge in [-0.05, 0) is 24.3 Å². The SMILES string of the molecule is c1ccc(-c2cnc(-c3ccc(-c4cnc(-c5ccccc5)o4)cc3)o2)cc1. The molecule has 134 valence electrons. The number of hydrogen-bond donors (Lipinski definition) is 0. The Morgan fingerprint density at radius 2 is 0.821 bits per heavy atom. The highest BCUT2D eigenvalue weighted by molar-refractivity contribution is 5.66. The molecule has 0 bridgehead atoms. The molecule has 0 aliphatic heterocycles. The molecule has 0 atom stereocenters. The van der Waals surface area contributed by atoms with Crippen molar-refractivity contribution in [3.05, 3.63) is 97.3 Å². The Morgan fingerprint density at radius 1 is 0.429 bits per heavy atom. The van der Waals surface area contributed by atoms with Crippen molar-refractivity contribution >= 4 is 0 Å². The third-order valence-corrected chi connectivity index (χ3v) is 4.51. The number of aromatic nitrogens is 2. The third kappa shape index (κ3) is 3.12. The summed E-state index contributed by atoms with van der Waals surface area (Å²) in [6, 6.07) is 27.7. The zero-order valence-electron chi connectivity index (χ0n) is 14.9. The van der Waals surface area contributed by atoms with E-state index in [1.54, 1.807) is 12.4 Å². The lowest BCUT2D eigenvalue weighted by molar-refractivity contribution is 0.587. The van der Waals surface area contributed by atoms with Crippen LogP contribution in [0, 0.1) is 0 Å². The van der Waals surface area contributed by atoms with E-state index >= 15 is 0 Å². The van der Waals surface area contributed by atoms with Gasteiger partial charge in [-0.25, -0.2) is 9.97 Å². The first-order valence-corrected chi connectivity index (χ1v) is 9.00. The van der Waals surface area contributed by atoms with Crippen molar-refractivity contribution < 1.29 is 8.83 Å². The van der Waals surface area contributed by atoms with Gasteiger partial charge in [-0.15, -0.1) is 0 Å². The van der Waals surface area contributed by atoms with Crippen LogP contribution in [0.25, 0.3) is 45.6 Å². The van der Waals surface area contributed by atoms with Gasteiger partial charge >= 0.3 is 0 Å². The van der Waals surface area contributed by atoms with E-state index in [0.717, 1.165) is 33.8 Å². The molecular formula is C24H16N2O2.